The second-order valence-corrected chi connectivity index (χ2v) is 8.92. The number of benzene rings is 2. The van der Waals surface area contributed by atoms with Crippen LogP contribution in [0.4, 0.5) is 29.5 Å². The number of hydrogen-bond donors (Lipinski definition) is 3. The number of alkyl halides is 3. The molecule has 2 aliphatic rings. The zero-order chi connectivity index (χ0) is 24.1. The molecule has 2 aromatic carbocycles. The van der Waals surface area contributed by atoms with Gasteiger partial charge in [0.2, 0.25) is 5.01 Å². The number of halogens is 3. The lowest BCUT2D eigenvalue weighted by Crippen LogP contribution is -2.46. The minimum atomic E-state index is -4.47. The molecule has 0 aliphatic carbocycles. The van der Waals surface area contributed by atoms with Crippen LogP contribution in [-0.2, 0) is 12.6 Å². The lowest BCUT2D eigenvalue weighted by Gasteiger charge is -2.29. The number of amidine groups is 1. The van der Waals surface area contributed by atoms with Crippen molar-refractivity contribution >= 4 is 33.5 Å². The van der Waals surface area contributed by atoms with Crippen LogP contribution in [0.25, 0.3) is 0 Å². The quantitative estimate of drug-likeness (QED) is 0.440. The molecule has 3 aromatic rings. The molecule has 5 rings (SSSR count). The average Bonchev–Trinajstić information content (AvgIpc) is 3.19. The zero-order valence-electron chi connectivity index (χ0n) is 18.7. The van der Waals surface area contributed by atoms with E-state index in [9.17, 15) is 13.2 Å². The van der Waals surface area contributed by atoms with Gasteiger partial charge in [-0.3, -0.25) is 0 Å². The number of phenolic OH excluding ortho intramolecular Hbond substituents is 1. The molecule has 3 heterocycles. The molecule has 2 aliphatic heterocycles. The number of phenols is 1. The summed E-state index contributed by atoms with van der Waals surface area (Å²) in [5.41, 5.74) is 2.94. The molecule has 0 radical (unpaired) electrons. The highest BCUT2D eigenvalue weighted by molar-refractivity contribution is 7.16. The third-order valence-corrected chi connectivity index (χ3v) is 6.37. The van der Waals surface area contributed by atoms with Gasteiger partial charge in [-0.15, -0.1) is 0 Å². The minimum absolute atomic E-state index is 0.269. The van der Waals surface area contributed by atoms with E-state index in [1.54, 1.807) is 18.2 Å². The van der Waals surface area contributed by atoms with Gasteiger partial charge in [-0.1, -0.05) is 48.9 Å². The molecule has 6 nitrogen and oxygen atoms in total. The third-order valence-electron chi connectivity index (χ3n) is 5.35. The number of aliphatic imine (C=N–C) groups is 1. The van der Waals surface area contributed by atoms with E-state index in [0.717, 1.165) is 25.9 Å². The molecular weight excluding hydrogens is 463 g/mol. The SMILES string of the molecule is CCCc1ccc(O)cc1.FC(F)(F)c1nc2c(s1)Nc1ccccc1N=C2N1CCNCC1. The number of aromatic hydroxyl groups is 1. The van der Waals surface area contributed by atoms with Crippen LogP contribution in [0, 0.1) is 0 Å². The van der Waals surface area contributed by atoms with Gasteiger partial charge < -0.3 is 20.6 Å². The van der Waals surface area contributed by atoms with E-state index in [2.05, 4.69) is 27.5 Å². The summed E-state index contributed by atoms with van der Waals surface area (Å²) in [7, 11) is 0. The Morgan fingerprint density at radius 2 is 1.76 bits per heavy atom. The van der Waals surface area contributed by atoms with Gasteiger partial charge in [0, 0.05) is 26.2 Å². The Morgan fingerprint density at radius 1 is 1.06 bits per heavy atom. The molecule has 0 unspecified atom stereocenters. The maximum atomic E-state index is 13.1. The van der Waals surface area contributed by atoms with Crippen LogP contribution >= 0.6 is 11.3 Å². The molecule has 1 fully saturated rings. The van der Waals surface area contributed by atoms with Crippen LogP contribution in [-0.4, -0.2) is 47.0 Å². The van der Waals surface area contributed by atoms with Crippen LogP contribution < -0.4 is 10.6 Å². The van der Waals surface area contributed by atoms with Crippen LogP contribution in [0.15, 0.2) is 53.5 Å². The minimum Gasteiger partial charge on any atom is -0.508 e. The van der Waals surface area contributed by atoms with Crippen molar-refractivity contribution in [3.8, 4) is 5.75 Å². The van der Waals surface area contributed by atoms with Crippen molar-refractivity contribution in [2.45, 2.75) is 25.9 Å². The lowest BCUT2D eigenvalue weighted by molar-refractivity contribution is -0.137. The number of thiazole rings is 1. The number of para-hydroxylation sites is 2. The molecule has 0 spiro atoms. The highest BCUT2D eigenvalue weighted by atomic mass is 32.1. The molecule has 0 amide bonds. The van der Waals surface area contributed by atoms with Gasteiger partial charge in [-0.2, -0.15) is 13.2 Å². The van der Waals surface area contributed by atoms with Crippen LogP contribution in [0.1, 0.15) is 29.6 Å². The fourth-order valence-corrected chi connectivity index (χ4v) is 4.53. The van der Waals surface area contributed by atoms with Crippen molar-refractivity contribution in [1.29, 1.82) is 0 Å². The second-order valence-electron chi connectivity index (χ2n) is 7.93. The first kappa shape index (κ1) is 24.0. The number of aromatic nitrogens is 1. The summed E-state index contributed by atoms with van der Waals surface area (Å²) in [6.45, 7) is 5.03. The average molecular weight is 490 g/mol. The summed E-state index contributed by atoms with van der Waals surface area (Å²) >= 11 is 0.617. The van der Waals surface area contributed by atoms with Gasteiger partial charge in [0.05, 0.1) is 11.4 Å². The number of hydrogen-bond acceptors (Lipinski definition) is 7. The molecule has 10 heteroatoms. The first-order chi connectivity index (χ1) is 16.3. The highest BCUT2D eigenvalue weighted by Crippen LogP contribution is 2.42. The van der Waals surface area contributed by atoms with Gasteiger partial charge >= 0.3 is 6.18 Å². The van der Waals surface area contributed by atoms with E-state index in [4.69, 9.17) is 5.11 Å². The Balaban J connectivity index is 0.000000231. The molecule has 0 bridgehead atoms. The Labute approximate surface area is 200 Å². The number of fused-ring (bicyclic) bond motifs is 2. The molecular formula is C24H26F3N5OS. The topological polar surface area (TPSA) is 72.8 Å². The molecule has 0 atom stereocenters. The van der Waals surface area contributed by atoms with E-state index in [1.165, 1.54) is 5.56 Å². The predicted octanol–water partition coefficient (Wildman–Crippen LogP) is 5.55. The first-order valence-corrected chi connectivity index (χ1v) is 11.9. The number of piperazine rings is 1. The van der Waals surface area contributed by atoms with Gasteiger partial charge in [-0.05, 0) is 36.2 Å². The Kier molecular flexibility index (Phi) is 7.38. The summed E-state index contributed by atoms with van der Waals surface area (Å²) in [6.07, 6.45) is -2.21. The fraction of sp³-hybridized carbons (Fsp3) is 0.333. The van der Waals surface area contributed by atoms with E-state index in [-0.39, 0.29) is 5.69 Å². The molecule has 0 saturated carbocycles. The van der Waals surface area contributed by atoms with Crippen LogP contribution in [0.3, 0.4) is 0 Å². The first-order valence-electron chi connectivity index (χ1n) is 11.1. The third kappa shape index (κ3) is 5.68. The normalized spacial score (nSPS) is 15.2. The monoisotopic (exact) mass is 489 g/mol. The molecule has 1 aromatic heterocycles. The number of nitrogens with zero attached hydrogens (tertiary/aromatic N) is 3. The summed E-state index contributed by atoms with van der Waals surface area (Å²) in [4.78, 5) is 10.5. The smallest absolute Gasteiger partial charge is 0.443 e. The van der Waals surface area contributed by atoms with Crippen molar-refractivity contribution in [2.24, 2.45) is 4.99 Å². The van der Waals surface area contributed by atoms with E-state index in [0.29, 0.717) is 52.4 Å². The van der Waals surface area contributed by atoms with Crippen molar-refractivity contribution in [2.75, 3.05) is 31.5 Å². The van der Waals surface area contributed by atoms with Gasteiger partial charge in [0.1, 0.15) is 16.4 Å². The van der Waals surface area contributed by atoms with Crippen LogP contribution in [0.5, 0.6) is 5.75 Å². The largest absolute Gasteiger partial charge is 0.508 e. The van der Waals surface area contributed by atoms with Crippen LogP contribution in [0.2, 0.25) is 0 Å². The summed E-state index contributed by atoms with van der Waals surface area (Å²) in [6, 6.07) is 14.7. The number of nitrogens with one attached hydrogen (secondary N) is 2. The van der Waals surface area contributed by atoms with Crippen molar-refractivity contribution in [3.63, 3.8) is 0 Å². The van der Waals surface area contributed by atoms with Crippen molar-refractivity contribution < 1.29 is 18.3 Å². The van der Waals surface area contributed by atoms with Gasteiger partial charge in [0.25, 0.3) is 0 Å². The summed E-state index contributed by atoms with van der Waals surface area (Å²) in [5, 5.41) is 14.7. The lowest BCUT2D eigenvalue weighted by atomic mass is 10.1. The van der Waals surface area contributed by atoms with Gasteiger partial charge in [0.15, 0.2) is 5.84 Å². The van der Waals surface area contributed by atoms with E-state index >= 15 is 0 Å². The predicted molar refractivity (Wildman–Crippen MR) is 130 cm³/mol. The second kappa shape index (κ2) is 10.4. The van der Waals surface area contributed by atoms with Crippen molar-refractivity contribution in [3.05, 3.63) is 64.8 Å². The van der Waals surface area contributed by atoms with E-state index in [1.807, 2.05) is 35.2 Å². The molecule has 1 saturated heterocycles. The number of anilines is 2. The summed E-state index contributed by atoms with van der Waals surface area (Å²) in [5.74, 6) is 0.843. The fourth-order valence-electron chi connectivity index (χ4n) is 3.69. The molecule has 3 N–H and O–H groups in total. The Hall–Kier alpha value is -3.11. The Morgan fingerprint density at radius 3 is 2.44 bits per heavy atom. The van der Waals surface area contributed by atoms with Gasteiger partial charge in [-0.25, -0.2) is 9.98 Å². The number of aryl methyl sites for hydroxylation is 1. The maximum absolute atomic E-state index is 13.1. The molecule has 34 heavy (non-hydrogen) atoms. The highest BCUT2D eigenvalue weighted by Gasteiger charge is 2.38. The molecule has 180 valence electrons. The van der Waals surface area contributed by atoms with E-state index < -0.39 is 11.2 Å². The Bertz CT molecular complexity index is 1140. The number of rotatable bonds is 2. The standard InChI is InChI=1S/C15H14F3N5S.C9H12O/c16-15(17,18)14-22-11-12(23-7-5-19-6-8-23)20-9-3-1-2-4-10(9)21-13(11)24-14;1-2-3-8-4-6-9(10)7-5-8/h1-4,19,21H,5-8H2;4-7,10H,2-3H2,1H3. The maximum Gasteiger partial charge on any atom is 0.443 e. The van der Waals surface area contributed by atoms with Crippen molar-refractivity contribution in [1.82, 2.24) is 15.2 Å². The zero-order valence-corrected chi connectivity index (χ0v) is 19.5. The summed E-state index contributed by atoms with van der Waals surface area (Å²) < 4.78 is 39.3.